The number of sulfonamides is 1. The van der Waals surface area contributed by atoms with Crippen LogP contribution in [0, 0.1) is 0 Å². The molecule has 31 heavy (non-hydrogen) atoms. The second-order valence-corrected chi connectivity index (χ2v) is 9.31. The number of nitrogens with one attached hydrogen (secondary N) is 1. The van der Waals surface area contributed by atoms with Crippen molar-refractivity contribution in [2.75, 3.05) is 36.0 Å². The lowest BCUT2D eigenvalue weighted by atomic mass is 10.1. The van der Waals surface area contributed by atoms with Crippen molar-refractivity contribution >= 4 is 50.9 Å². The average molecular weight is 466 g/mol. The van der Waals surface area contributed by atoms with E-state index in [-0.39, 0.29) is 34.3 Å². The number of fused-ring (bicyclic) bond motifs is 3. The third-order valence-corrected chi connectivity index (χ3v) is 6.53. The summed E-state index contributed by atoms with van der Waals surface area (Å²) in [5.74, 6) is 1.05. The lowest BCUT2D eigenvalue weighted by Crippen LogP contribution is -2.36. The van der Waals surface area contributed by atoms with Gasteiger partial charge in [0.2, 0.25) is 10.0 Å². The lowest BCUT2D eigenvalue weighted by Gasteiger charge is -2.29. The summed E-state index contributed by atoms with van der Waals surface area (Å²) in [6.45, 7) is 0.861. The summed E-state index contributed by atoms with van der Waals surface area (Å²) < 4.78 is 44.9. The standard InChI is InChI=1S/C20H21ClFN5O3S/c21-18-17(26-31(28,29)10-1-7-22)6-4-15(23)19(18)30-13-3-5-16-14(11-13)20-24-8-2-9-27(20)12-25-16/h3-6,11-12,26H,1-2,7-10,23H2. The number of halogens is 2. The van der Waals surface area contributed by atoms with Crippen LogP contribution < -0.4 is 15.2 Å². The van der Waals surface area contributed by atoms with Crippen LogP contribution in [0.15, 0.2) is 40.3 Å². The molecule has 2 heterocycles. The Hall–Kier alpha value is -2.85. The fourth-order valence-corrected chi connectivity index (χ4v) is 4.72. The molecule has 11 heteroatoms. The molecule has 4 rings (SSSR count). The molecule has 3 N–H and O–H groups in total. The van der Waals surface area contributed by atoms with Crippen molar-refractivity contribution in [2.45, 2.75) is 12.8 Å². The SMILES string of the molecule is Nc1ccc(NS(=O)(=O)CCCF)c(Cl)c1Oc1ccc2c(c1)C1=NCCCN1C=N2. The molecule has 0 aromatic heterocycles. The van der Waals surface area contributed by atoms with Crippen molar-refractivity contribution in [1.29, 1.82) is 0 Å². The molecule has 2 aromatic carbocycles. The van der Waals surface area contributed by atoms with Crippen LogP contribution in [0.25, 0.3) is 0 Å². The van der Waals surface area contributed by atoms with Crippen LogP contribution in [-0.2, 0) is 10.0 Å². The van der Waals surface area contributed by atoms with E-state index >= 15 is 0 Å². The molecule has 0 saturated carbocycles. The second-order valence-electron chi connectivity index (χ2n) is 7.09. The minimum atomic E-state index is -3.76. The van der Waals surface area contributed by atoms with Crippen LogP contribution in [0.3, 0.4) is 0 Å². The number of anilines is 2. The van der Waals surface area contributed by atoms with Gasteiger partial charge in [0.1, 0.15) is 16.6 Å². The van der Waals surface area contributed by atoms with Gasteiger partial charge in [0.25, 0.3) is 0 Å². The number of aliphatic imine (C=N–C) groups is 2. The maximum atomic E-state index is 12.3. The molecular formula is C20H21ClFN5O3S. The highest BCUT2D eigenvalue weighted by Crippen LogP contribution is 2.41. The monoisotopic (exact) mass is 465 g/mol. The number of nitrogens with zero attached hydrogens (tertiary/aromatic N) is 3. The van der Waals surface area contributed by atoms with E-state index in [1.54, 1.807) is 18.5 Å². The molecule has 2 aromatic rings. The van der Waals surface area contributed by atoms with Gasteiger partial charge >= 0.3 is 0 Å². The van der Waals surface area contributed by atoms with Crippen LogP contribution in [0.4, 0.5) is 21.5 Å². The Morgan fingerprint density at radius 2 is 2.13 bits per heavy atom. The van der Waals surface area contributed by atoms with Crippen LogP contribution in [0.2, 0.25) is 5.02 Å². The predicted octanol–water partition coefficient (Wildman–Crippen LogP) is 3.94. The van der Waals surface area contributed by atoms with Crippen LogP contribution in [0.5, 0.6) is 11.5 Å². The van der Waals surface area contributed by atoms with Gasteiger partial charge < -0.3 is 15.4 Å². The number of rotatable bonds is 7. The van der Waals surface area contributed by atoms with E-state index in [0.717, 1.165) is 36.6 Å². The van der Waals surface area contributed by atoms with E-state index in [9.17, 15) is 12.8 Å². The first kappa shape index (κ1) is 21.4. The number of alkyl halides is 1. The molecule has 0 unspecified atom stereocenters. The van der Waals surface area contributed by atoms with Gasteiger partial charge in [-0.05, 0) is 43.2 Å². The molecule has 0 fully saturated rings. The molecule has 8 nitrogen and oxygen atoms in total. The van der Waals surface area contributed by atoms with Gasteiger partial charge in [-0.25, -0.2) is 13.4 Å². The quantitative estimate of drug-likeness (QED) is 0.602. The van der Waals surface area contributed by atoms with Crippen LogP contribution in [0.1, 0.15) is 18.4 Å². The summed E-state index contributed by atoms with van der Waals surface area (Å²) in [7, 11) is -3.76. The summed E-state index contributed by atoms with van der Waals surface area (Å²) >= 11 is 6.40. The smallest absolute Gasteiger partial charge is 0.232 e. The third-order valence-electron chi connectivity index (χ3n) is 4.80. The molecule has 0 atom stereocenters. The number of benzene rings is 2. The number of ether oxygens (including phenoxy) is 1. The van der Waals surface area contributed by atoms with Crippen molar-refractivity contribution in [3.05, 3.63) is 40.9 Å². The van der Waals surface area contributed by atoms with Gasteiger partial charge in [-0.3, -0.25) is 14.1 Å². The first-order chi connectivity index (χ1) is 14.9. The molecular weight excluding hydrogens is 445 g/mol. The molecule has 0 amide bonds. The average Bonchev–Trinajstić information content (AvgIpc) is 2.77. The van der Waals surface area contributed by atoms with E-state index in [0.29, 0.717) is 5.75 Å². The van der Waals surface area contributed by atoms with Gasteiger partial charge in [-0.2, -0.15) is 0 Å². The molecule has 0 bridgehead atoms. The number of nitrogens with two attached hydrogens (primary N) is 1. The predicted molar refractivity (Wildman–Crippen MR) is 121 cm³/mol. The van der Waals surface area contributed by atoms with Gasteiger partial charge in [-0.15, -0.1) is 0 Å². The largest absolute Gasteiger partial charge is 0.454 e. The van der Waals surface area contributed by atoms with Crippen molar-refractivity contribution < 1.29 is 17.5 Å². The minimum absolute atomic E-state index is 0.0104. The highest BCUT2D eigenvalue weighted by Gasteiger charge is 2.23. The Morgan fingerprint density at radius 1 is 1.29 bits per heavy atom. The number of hydrogen-bond donors (Lipinski definition) is 2. The first-order valence-corrected chi connectivity index (χ1v) is 11.7. The topological polar surface area (TPSA) is 109 Å². The summed E-state index contributed by atoms with van der Waals surface area (Å²) in [6, 6.07) is 8.26. The maximum absolute atomic E-state index is 12.3. The fraction of sp³-hybridized carbons (Fsp3) is 0.300. The van der Waals surface area contributed by atoms with Gasteiger partial charge in [0, 0.05) is 18.7 Å². The molecule has 0 spiro atoms. The normalized spacial score (nSPS) is 15.2. The van der Waals surface area contributed by atoms with Gasteiger partial charge in [-0.1, -0.05) is 11.6 Å². The number of amidine groups is 1. The molecule has 2 aliphatic rings. The Morgan fingerprint density at radius 3 is 2.94 bits per heavy atom. The summed E-state index contributed by atoms with van der Waals surface area (Å²) in [5, 5.41) is 0.0104. The fourth-order valence-electron chi connectivity index (χ4n) is 3.31. The highest BCUT2D eigenvalue weighted by atomic mass is 35.5. The van der Waals surface area contributed by atoms with Crippen molar-refractivity contribution in [1.82, 2.24) is 4.90 Å². The van der Waals surface area contributed by atoms with E-state index in [4.69, 9.17) is 22.1 Å². The van der Waals surface area contributed by atoms with E-state index in [2.05, 4.69) is 14.7 Å². The Balaban J connectivity index is 1.63. The second kappa shape index (κ2) is 8.72. The van der Waals surface area contributed by atoms with Crippen molar-refractivity contribution in [3.63, 3.8) is 0 Å². The van der Waals surface area contributed by atoms with E-state index in [1.165, 1.54) is 12.1 Å². The third kappa shape index (κ3) is 4.59. The zero-order valence-electron chi connectivity index (χ0n) is 16.5. The van der Waals surface area contributed by atoms with Crippen LogP contribution >= 0.6 is 11.6 Å². The molecule has 0 aliphatic carbocycles. The Labute approximate surface area is 184 Å². The number of nitrogen functional groups attached to an aromatic ring is 1. The Bertz CT molecular complexity index is 1170. The number of hydrogen-bond acceptors (Lipinski definition) is 7. The molecule has 164 valence electrons. The van der Waals surface area contributed by atoms with Crippen molar-refractivity contribution in [3.8, 4) is 11.5 Å². The summed E-state index contributed by atoms with van der Waals surface area (Å²) in [5.41, 5.74) is 7.99. The Kier molecular flexibility index (Phi) is 6.01. The van der Waals surface area contributed by atoms with Crippen molar-refractivity contribution in [2.24, 2.45) is 9.98 Å². The molecule has 0 saturated heterocycles. The summed E-state index contributed by atoms with van der Waals surface area (Å²) in [6.07, 6.45) is 2.62. The van der Waals surface area contributed by atoms with E-state index < -0.39 is 16.7 Å². The molecule has 0 radical (unpaired) electrons. The maximum Gasteiger partial charge on any atom is 0.232 e. The van der Waals surface area contributed by atoms with Gasteiger partial charge in [0.05, 0.1) is 35.8 Å². The van der Waals surface area contributed by atoms with Crippen LogP contribution in [-0.4, -0.2) is 51.0 Å². The zero-order valence-corrected chi connectivity index (χ0v) is 18.1. The highest BCUT2D eigenvalue weighted by molar-refractivity contribution is 7.92. The van der Waals surface area contributed by atoms with E-state index in [1.807, 2.05) is 11.0 Å². The van der Waals surface area contributed by atoms with Gasteiger partial charge in [0.15, 0.2) is 5.75 Å². The first-order valence-electron chi connectivity index (χ1n) is 9.70. The molecule has 2 aliphatic heterocycles. The lowest BCUT2D eigenvalue weighted by molar-refractivity contribution is 0.484. The zero-order chi connectivity index (χ0) is 22.0. The summed E-state index contributed by atoms with van der Waals surface area (Å²) in [4.78, 5) is 11.0. The minimum Gasteiger partial charge on any atom is -0.454 e.